The molecule has 0 radical (unpaired) electrons. The van der Waals surface area contributed by atoms with Crippen LogP contribution in [0.1, 0.15) is 34.6 Å². The Morgan fingerprint density at radius 3 is 2.52 bits per heavy atom. The summed E-state index contributed by atoms with van der Waals surface area (Å²) in [5, 5.41) is 0.385. The Balaban J connectivity index is 1.98. The molecular weight excluding hydrogens is 427 g/mol. The van der Waals surface area contributed by atoms with Gasteiger partial charge < -0.3 is 4.74 Å². The summed E-state index contributed by atoms with van der Waals surface area (Å²) in [5.41, 5.74) is -0.394. The summed E-state index contributed by atoms with van der Waals surface area (Å²) < 4.78 is 49.4. The van der Waals surface area contributed by atoms with Crippen LogP contribution in [0.15, 0.2) is 52.4 Å². The zero-order valence-corrected chi connectivity index (χ0v) is 19.0. The number of allylic oxidation sites excluding steroid dienone is 3. The lowest BCUT2D eigenvalue weighted by Crippen LogP contribution is -2.50. The fraction of sp³-hybridized carbons (Fsp3) is 0.455. The van der Waals surface area contributed by atoms with Crippen molar-refractivity contribution in [2.45, 2.75) is 57.5 Å². The summed E-state index contributed by atoms with van der Waals surface area (Å²) in [5.74, 6) is 0.132. The predicted octanol–water partition coefficient (Wildman–Crippen LogP) is 5.33. The van der Waals surface area contributed by atoms with E-state index in [0.29, 0.717) is 10.7 Å². The summed E-state index contributed by atoms with van der Waals surface area (Å²) >= 11 is 0.995. The fourth-order valence-electron chi connectivity index (χ4n) is 4.43. The summed E-state index contributed by atoms with van der Waals surface area (Å²) in [6.07, 6.45) is 2.54. The molecule has 0 amide bonds. The molecule has 31 heavy (non-hydrogen) atoms. The quantitative estimate of drug-likeness (QED) is 0.449. The second kappa shape index (κ2) is 6.87. The largest absolute Gasteiger partial charge is 0.431 e. The van der Waals surface area contributed by atoms with E-state index in [9.17, 15) is 18.0 Å². The summed E-state index contributed by atoms with van der Waals surface area (Å²) in [6, 6.07) is 0. The topological polar surface area (TPSA) is 47.4 Å². The normalized spacial score (nSPS) is 25.2. The van der Waals surface area contributed by atoms with Gasteiger partial charge in [0.25, 0.3) is 0 Å². The average Bonchev–Trinajstić information content (AvgIpc) is 3.15. The van der Waals surface area contributed by atoms with Crippen molar-refractivity contribution >= 4 is 28.5 Å². The summed E-state index contributed by atoms with van der Waals surface area (Å²) in [4.78, 5) is 18.3. The van der Waals surface area contributed by atoms with E-state index in [1.807, 2.05) is 13.8 Å². The highest BCUT2D eigenvalue weighted by atomic mass is 32.2. The molecule has 0 aromatic carbocycles. The minimum Gasteiger partial charge on any atom is -0.373 e. The number of ether oxygens (including phenoxy) is 1. The number of hydrogen-bond donors (Lipinski definition) is 0. The van der Waals surface area contributed by atoms with Crippen molar-refractivity contribution in [2.24, 2.45) is 5.41 Å². The number of alkyl halides is 3. The average molecular weight is 452 g/mol. The number of nitrogens with zero attached hydrogens (tertiary/aromatic N) is 3. The highest BCUT2D eigenvalue weighted by Gasteiger charge is 2.57. The highest BCUT2D eigenvalue weighted by molar-refractivity contribution is 8.13. The molecule has 1 aromatic heterocycles. The number of anilines is 1. The van der Waals surface area contributed by atoms with Gasteiger partial charge in [0.15, 0.2) is 5.12 Å². The lowest BCUT2D eigenvalue weighted by molar-refractivity contribution is -0.117. The molecule has 0 N–H and O–H groups in total. The van der Waals surface area contributed by atoms with Crippen LogP contribution in [0, 0.1) is 5.41 Å². The van der Waals surface area contributed by atoms with Gasteiger partial charge in [0.2, 0.25) is 5.95 Å². The predicted molar refractivity (Wildman–Crippen MR) is 114 cm³/mol. The van der Waals surface area contributed by atoms with E-state index in [1.54, 1.807) is 44.6 Å². The number of carbonyl (C=O) groups is 1. The molecule has 1 spiro atoms. The van der Waals surface area contributed by atoms with Crippen LogP contribution in [0.4, 0.5) is 19.1 Å². The first-order chi connectivity index (χ1) is 14.3. The number of fused-ring (bicyclic) bond motifs is 3. The van der Waals surface area contributed by atoms with Crippen LogP contribution in [-0.4, -0.2) is 39.6 Å². The number of carbonyl (C=O) groups excluding carboxylic acids is 1. The van der Waals surface area contributed by atoms with Gasteiger partial charge in [0.1, 0.15) is 22.4 Å². The van der Waals surface area contributed by atoms with Crippen LogP contribution in [0.5, 0.6) is 0 Å². The van der Waals surface area contributed by atoms with Crippen molar-refractivity contribution in [1.82, 2.24) is 9.55 Å². The smallest absolute Gasteiger partial charge is 0.373 e. The number of methoxy groups -OCH3 is 1. The van der Waals surface area contributed by atoms with Crippen LogP contribution >= 0.6 is 11.8 Å². The number of imidazole rings is 1. The number of halogens is 3. The van der Waals surface area contributed by atoms with Gasteiger partial charge in [0.05, 0.1) is 11.9 Å². The molecule has 1 aromatic rings. The van der Waals surface area contributed by atoms with Crippen molar-refractivity contribution in [3.8, 4) is 0 Å². The van der Waals surface area contributed by atoms with E-state index >= 15 is 0 Å². The zero-order chi connectivity index (χ0) is 22.9. The molecule has 4 rings (SSSR count). The van der Waals surface area contributed by atoms with Gasteiger partial charge in [-0.2, -0.15) is 13.2 Å². The standard InChI is InChI=1S/C22H24F3N3O2S/c1-12-10-21-9-7-8-14(22(23,24)25)28(21)19-26-11-15(31-18(29)20(3,4)5)27(19)17(21)13(2)16(12)30-6/h7-11,16H,1-6H3. The van der Waals surface area contributed by atoms with Crippen molar-refractivity contribution in [3.63, 3.8) is 0 Å². The number of hydrogen-bond acceptors (Lipinski definition) is 5. The van der Waals surface area contributed by atoms with Crippen molar-refractivity contribution in [1.29, 1.82) is 0 Å². The molecule has 3 aliphatic rings. The number of thioether (sulfide) groups is 1. The second-order valence-corrected chi connectivity index (χ2v) is 9.97. The van der Waals surface area contributed by atoms with E-state index in [-0.39, 0.29) is 17.2 Å². The Morgan fingerprint density at radius 1 is 1.26 bits per heavy atom. The first kappa shape index (κ1) is 22.0. The van der Waals surface area contributed by atoms with Gasteiger partial charge in [-0.3, -0.25) is 14.3 Å². The molecule has 0 saturated heterocycles. The minimum atomic E-state index is -4.58. The Bertz CT molecular complexity index is 1090. The van der Waals surface area contributed by atoms with E-state index in [1.165, 1.54) is 17.2 Å². The highest BCUT2D eigenvalue weighted by Crippen LogP contribution is 2.55. The third kappa shape index (κ3) is 3.12. The van der Waals surface area contributed by atoms with Crippen molar-refractivity contribution in [3.05, 3.63) is 47.3 Å². The zero-order valence-electron chi connectivity index (χ0n) is 18.2. The lowest BCUT2D eigenvalue weighted by atomic mass is 9.79. The molecule has 2 atom stereocenters. The molecule has 2 aliphatic heterocycles. The van der Waals surface area contributed by atoms with Gasteiger partial charge >= 0.3 is 6.18 Å². The maximum Gasteiger partial charge on any atom is 0.431 e. The van der Waals surface area contributed by atoms with Crippen LogP contribution in [0.2, 0.25) is 0 Å². The van der Waals surface area contributed by atoms with Crippen LogP contribution in [0.25, 0.3) is 5.70 Å². The minimum absolute atomic E-state index is 0.0969. The Hall–Kier alpha value is -2.26. The second-order valence-electron chi connectivity index (χ2n) is 8.98. The van der Waals surface area contributed by atoms with Gasteiger partial charge in [-0.1, -0.05) is 26.8 Å². The fourth-order valence-corrected chi connectivity index (χ4v) is 5.30. The monoisotopic (exact) mass is 451 g/mol. The third-order valence-corrected chi connectivity index (χ3v) is 6.99. The Kier molecular flexibility index (Phi) is 4.86. The third-order valence-electron chi connectivity index (χ3n) is 5.69. The maximum atomic E-state index is 14.0. The van der Waals surface area contributed by atoms with Crippen LogP contribution in [-0.2, 0) is 9.53 Å². The lowest BCUT2D eigenvalue weighted by Gasteiger charge is -2.42. The Labute approximate surface area is 183 Å². The molecule has 2 unspecified atom stereocenters. The van der Waals surface area contributed by atoms with Gasteiger partial charge in [-0.15, -0.1) is 0 Å². The molecule has 0 fully saturated rings. The van der Waals surface area contributed by atoms with Crippen LogP contribution < -0.4 is 4.90 Å². The molecule has 1 aliphatic carbocycles. The molecule has 3 heterocycles. The van der Waals surface area contributed by atoms with E-state index < -0.39 is 22.8 Å². The molecular formula is C22H24F3N3O2S. The van der Waals surface area contributed by atoms with Gasteiger partial charge in [-0.05, 0) is 55.0 Å². The summed E-state index contributed by atoms with van der Waals surface area (Å²) in [6.45, 7) is 9.12. The van der Waals surface area contributed by atoms with E-state index in [0.717, 1.165) is 29.0 Å². The first-order valence-electron chi connectivity index (χ1n) is 9.83. The Morgan fingerprint density at radius 2 is 1.94 bits per heavy atom. The van der Waals surface area contributed by atoms with E-state index in [4.69, 9.17) is 4.74 Å². The maximum absolute atomic E-state index is 14.0. The molecule has 9 heteroatoms. The molecule has 166 valence electrons. The van der Waals surface area contributed by atoms with Crippen molar-refractivity contribution in [2.75, 3.05) is 12.0 Å². The van der Waals surface area contributed by atoms with Crippen molar-refractivity contribution < 1.29 is 22.7 Å². The SMILES string of the molecule is COC1C(C)=CC23C=CC=C(C(F)(F)F)N2c2ncc(SC(=O)C(C)(C)C)n2C3=C1C. The molecule has 0 bridgehead atoms. The number of aromatic nitrogens is 2. The van der Waals surface area contributed by atoms with Crippen LogP contribution in [0.3, 0.4) is 0 Å². The van der Waals surface area contributed by atoms with Gasteiger partial charge in [-0.25, -0.2) is 4.98 Å². The molecule has 0 saturated carbocycles. The molecule has 5 nitrogen and oxygen atoms in total. The first-order valence-corrected chi connectivity index (χ1v) is 10.7. The summed E-state index contributed by atoms with van der Waals surface area (Å²) in [7, 11) is 1.57. The van der Waals surface area contributed by atoms with Gasteiger partial charge in [0, 0.05) is 12.5 Å². The number of rotatable bonds is 2. The van der Waals surface area contributed by atoms with E-state index in [2.05, 4.69) is 4.98 Å².